The van der Waals surface area contributed by atoms with Gasteiger partial charge in [-0.05, 0) is 36.7 Å². The van der Waals surface area contributed by atoms with E-state index in [1.165, 1.54) is 0 Å². The van der Waals surface area contributed by atoms with Crippen molar-refractivity contribution in [1.82, 2.24) is 10.2 Å². The summed E-state index contributed by atoms with van der Waals surface area (Å²) in [6, 6.07) is 12.2. The van der Waals surface area contributed by atoms with E-state index < -0.39 is 5.41 Å². The minimum Gasteiger partial charge on any atom is -0.354 e. The summed E-state index contributed by atoms with van der Waals surface area (Å²) in [5, 5.41) is 13.0. The third kappa shape index (κ3) is 6.74. The highest BCUT2D eigenvalue weighted by Crippen LogP contribution is 2.37. The van der Waals surface area contributed by atoms with Gasteiger partial charge in [0.1, 0.15) is 6.04 Å². The molecule has 2 amide bonds. The summed E-state index contributed by atoms with van der Waals surface area (Å²) >= 11 is 1.64. The van der Waals surface area contributed by atoms with Crippen LogP contribution in [0.4, 0.5) is 0 Å². The van der Waals surface area contributed by atoms with Crippen molar-refractivity contribution in [3.63, 3.8) is 0 Å². The van der Waals surface area contributed by atoms with Crippen LogP contribution < -0.4 is 5.32 Å². The van der Waals surface area contributed by atoms with Crippen LogP contribution in [0.1, 0.15) is 65.4 Å². The number of amides is 2. The largest absolute Gasteiger partial charge is 0.354 e. The van der Waals surface area contributed by atoms with Crippen molar-refractivity contribution in [3.05, 3.63) is 35.9 Å². The smallest absolute Gasteiger partial charge is 0.243 e. The number of rotatable bonds is 11. The fourth-order valence-corrected chi connectivity index (χ4v) is 5.26. The Hall–Kier alpha value is -2.00. The fraction of sp³-hybridized carbons (Fsp3) is 0.640. The molecule has 0 spiro atoms. The number of benzene rings is 1. The van der Waals surface area contributed by atoms with E-state index in [2.05, 4.69) is 39.1 Å². The number of hydrogen-bond acceptors (Lipinski definition) is 4. The molecule has 0 aromatic heterocycles. The summed E-state index contributed by atoms with van der Waals surface area (Å²) in [7, 11) is 0. The van der Waals surface area contributed by atoms with Crippen molar-refractivity contribution >= 4 is 23.6 Å². The lowest BCUT2D eigenvalue weighted by atomic mass is 9.69. The molecule has 2 rings (SSSR count). The van der Waals surface area contributed by atoms with Crippen LogP contribution in [0.5, 0.6) is 0 Å². The van der Waals surface area contributed by atoms with Crippen LogP contribution in [0.15, 0.2) is 30.3 Å². The van der Waals surface area contributed by atoms with Gasteiger partial charge in [0.25, 0.3) is 0 Å². The van der Waals surface area contributed by atoms with Gasteiger partial charge in [0.2, 0.25) is 11.8 Å². The maximum absolute atomic E-state index is 12.8. The predicted molar refractivity (Wildman–Crippen MR) is 127 cm³/mol. The molecule has 6 heteroatoms. The third-order valence-corrected chi connectivity index (χ3v) is 7.22. The van der Waals surface area contributed by atoms with Crippen molar-refractivity contribution in [2.24, 2.45) is 11.8 Å². The molecular weight excluding hydrogens is 406 g/mol. The minimum absolute atomic E-state index is 0.0358. The van der Waals surface area contributed by atoms with E-state index in [-0.39, 0.29) is 23.8 Å². The maximum Gasteiger partial charge on any atom is 0.243 e. The van der Waals surface area contributed by atoms with Crippen LogP contribution in [0, 0.1) is 23.2 Å². The highest BCUT2D eigenvalue weighted by atomic mass is 32.2. The molecule has 1 aromatic carbocycles. The number of nitrogens with one attached hydrogen (secondary N) is 1. The first-order valence-electron chi connectivity index (χ1n) is 11.4. The zero-order chi connectivity index (χ0) is 22.9. The molecule has 0 aliphatic carbocycles. The van der Waals surface area contributed by atoms with E-state index in [0.29, 0.717) is 30.5 Å². The fourth-order valence-electron chi connectivity index (χ4n) is 4.08. The number of nitrogens with zero attached hydrogens (tertiary/aromatic N) is 2. The van der Waals surface area contributed by atoms with E-state index in [4.69, 9.17) is 0 Å². The zero-order valence-corrected chi connectivity index (χ0v) is 20.2. The van der Waals surface area contributed by atoms with Crippen molar-refractivity contribution in [2.45, 2.75) is 71.3 Å². The third-order valence-electron chi connectivity index (χ3n) is 6.21. The lowest BCUT2D eigenvalue weighted by Gasteiger charge is -2.31. The van der Waals surface area contributed by atoms with E-state index in [1.807, 2.05) is 30.3 Å². The Bertz CT molecular complexity index is 760. The quantitative estimate of drug-likeness (QED) is 0.502. The SMILES string of the molecule is CC(C)CCNC(=O)[C@@H]1CSCN1C(=O)CCCC[C@@](C#N)(c1ccccc1)C(C)C. The molecule has 2 atom stereocenters. The number of hydrogen-bond donors (Lipinski definition) is 1. The standard InChI is InChI=1S/C25H37N3O2S/c1-19(2)13-15-27-24(30)22-16-31-18-28(22)23(29)12-8-9-14-25(17-26,20(3)4)21-10-6-5-7-11-21/h5-7,10-11,19-20,22H,8-9,12-16,18H2,1-4H3,(H,27,30)/t22-,25-/m0/s1. The second-order valence-electron chi connectivity index (χ2n) is 9.16. The number of nitriles is 1. The van der Waals surface area contributed by atoms with Gasteiger partial charge in [0.15, 0.2) is 0 Å². The summed E-state index contributed by atoms with van der Waals surface area (Å²) in [6.07, 6.45) is 3.62. The van der Waals surface area contributed by atoms with Crippen molar-refractivity contribution in [3.8, 4) is 6.07 Å². The molecule has 0 saturated carbocycles. The topological polar surface area (TPSA) is 73.2 Å². The van der Waals surface area contributed by atoms with Crippen molar-refractivity contribution in [1.29, 1.82) is 5.26 Å². The van der Waals surface area contributed by atoms with Crippen LogP contribution in [0.2, 0.25) is 0 Å². The summed E-state index contributed by atoms with van der Waals surface area (Å²) in [5.74, 6) is 1.98. The molecule has 0 radical (unpaired) electrons. The molecule has 31 heavy (non-hydrogen) atoms. The molecule has 1 fully saturated rings. The summed E-state index contributed by atoms with van der Waals surface area (Å²) < 4.78 is 0. The van der Waals surface area contributed by atoms with E-state index >= 15 is 0 Å². The van der Waals surface area contributed by atoms with E-state index in [0.717, 1.165) is 31.2 Å². The van der Waals surface area contributed by atoms with Gasteiger partial charge >= 0.3 is 0 Å². The van der Waals surface area contributed by atoms with Crippen molar-refractivity contribution in [2.75, 3.05) is 18.2 Å². The van der Waals surface area contributed by atoms with Crippen LogP contribution in [-0.2, 0) is 15.0 Å². The maximum atomic E-state index is 12.8. The van der Waals surface area contributed by atoms with Gasteiger partial charge in [-0.1, -0.05) is 64.4 Å². The molecule has 170 valence electrons. The van der Waals surface area contributed by atoms with Gasteiger partial charge in [-0.25, -0.2) is 0 Å². The highest BCUT2D eigenvalue weighted by molar-refractivity contribution is 7.99. The molecule has 1 N–H and O–H groups in total. The number of thioether (sulfide) groups is 1. The number of carbonyl (C=O) groups excluding carboxylic acids is 2. The van der Waals surface area contributed by atoms with E-state index in [9.17, 15) is 14.9 Å². The predicted octanol–water partition coefficient (Wildman–Crippen LogP) is 4.73. The first kappa shape index (κ1) is 25.3. The molecular formula is C25H37N3O2S. The van der Waals surface area contributed by atoms with Gasteiger partial charge in [0, 0.05) is 18.7 Å². The molecule has 1 heterocycles. The minimum atomic E-state index is -0.535. The van der Waals surface area contributed by atoms with Gasteiger partial charge in [-0.3, -0.25) is 9.59 Å². The number of unbranched alkanes of at least 4 members (excludes halogenated alkanes) is 1. The monoisotopic (exact) mass is 443 g/mol. The average Bonchev–Trinajstić information content (AvgIpc) is 3.24. The van der Waals surface area contributed by atoms with Gasteiger partial charge in [0.05, 0.1) is 17.4 Å². The summed E-state index contributed by atoms with van der Waals surface area (Å²) in [5.41, 5.74) is 0.514. The lowest BCUT2D eigenvalue weighted by Crippen LogP contribution is -2.47. The molecule has 1 aliphatic rings. The second kappa shape index (κ2) is 12.1. The Kier molecular flexibility index (Phi) is 9.90. The van der Waals surface area contributed by atoms with Crippen molar-refractivity contribution < 1.29 is 9.59 Å². The average molecular weight is 444 g/mol. The molecule has 1 aromatic rings. The molecule has 0 bridgehead atoms. The first-order valence-corrected chi connectivity index (χ1v) is 12.6. The highest BCUT2D eigenvalue weighted by Gasteiger charge is 2.36. The Morgan fingerprint density at radius 2 is 1.94 bits per heavy atom. The van der Waals surface area contributed by atoms with Gasteiger partial charge in [-0.2, -0.15) is 5.26 Å². The Morgan fingerprint density at radius 1 is 1.23 bits per heavy atom. The van der Waals surface area contributed by atoms with E-state index in [1.54, 1.807) is 16.7 Å². The zero-order valence-electron chi connectivity index (χ0n) is 19.4. The molecule has 1 aliphatic heterocycles. The number of carbonyl (C=O) groups is 2. The Morgan fingerprint density at radius 3 is 2.55 bits per heavy atom. The normalized spacial score (nSPS) is 18.1. The summed E-state index contributed by atoms with van der Waals surface area (Å²) in [6.45, 7) is 9.10. The van der Waals surface area contributed by atoms with Gasteiger partial charge in [-0.15, -0.1) is 11.8 Å². The molecule has 5 nitrogen and oxygen atoms in total. The van der Waals surface area contributed by atoms with Crippen LogP contribution in [-0.4, -0.2) is 40.9 Å². The molecule has 0 unspecified atom stereocenters. The molecule has 1 saturated heterocycles. The second-order valence-corrected chi connectivity index (χ2v) is 10.2. The summed E-state index contributed by atoms with van der Waals surface area (Å²) in [4.78, 5) is 27.1. The Balaban J connectivity index is 1.87. The van der Waals surface area contributed by atoms with Gasteiger partial charge < -0.3 is 10.2 Å². The Labute approximate surface area is 192 Å². The van der Waals surface area contributed by atoms with Crippen LogP contribution in [0.3, 0.4) is 0 Å². The first-order chi connectivity index (χ1) is 14.8. The van der Waals surface area contributed by atoms with Crippen LogP contribution in [0.25, 0.3) is 0 Å². The lowest BCUT2D eigenvalue weighted by molar-refractivity contribution is -0.138. The van der Waals surface area contributed by atoms with Crippen LogP contribution >= 0.6 is 11.8 Å².